The Morgan fingerprint density at radius 2 is 1.20 bits per heavy atom. The smallest absolute Gasteiger partial charge is 0.159 e. The summed E-state index contributed by atoms with van der Waals surface area (Å²) in [6.07, 6.45) is 23.5. The molecule has 4 nitrogen and oxygen atoms in total. The molecule has 0 radical (unpaired) electrons. The Hall–Kier alpha value is -7.04. The van der Waals surface area contributed by atoms with Crippen LogP contribution in [-0.2, 0) is 0 Å². The molecule has 0 amide bonds. The Bertz CT molecular complexity index is 3470. The SMILES string of the molecule is C1=CC2c3ccccc3OC2C(N(C2=CCCC=C2)c2cc(C3CCC3)c3ccc4c(N(c5ccccc5)c5cccc6c5oc5ccccc56)cc(C5CCC5)c5ccc2c3c54)=C1. The number of benzene rings is 8. The van der Waals surface area contributed by atoms with Gasteiger partial charge in [0.25, 0.3) is 0 Å². The van der Waals surface area contributed by atoms with Crippen molar-refractivity contribution in [3.63, 3.8) is 0 Å². The molecule has 4 aliphatic carbocycles. The molecule has 0 saturated heterocycles. The predicted molar refractivity (Wildman–Crippen MR) is 265 cm³/mol. The third-order valence-electron chi connectivity index (χ3n) is 15.4. The zero-order chi connectivity index (χ0) is 41.9. The van der Waals surface area contributed by atoms with E-state index in [1.165, 1.54) is 110 Å². The Morgan fingerprint density at radius 3 is 1.92 bits per heavy atom. The highest BCUT2D eigenvalue weighted by molar-refractivity contribution is 6.29. The van der Waals surface area contributed by atoms with Crippen LogP contribution in [-0.4, -0.2) is 6.10 Å². The van der Waals surface area contributed by atoms with Crippen molar-refractivity contribution in [2.45, 2.75) is 75.2 Å². The van der Waals surface area contributed by atoms with E-state index in [-0.39, 0.29) is 12.0 Å². The van der Waals surface area contributed by atoms with Crippen LogP contribution in [0.2, 0.25) is 0 Å². The van der Waals surface area contributed by atoms with Crippen LogP contribution in [0.25, 0.3) is 54.3 Å². The molecule has 1 aromatic heterocycles. The molecule has 64 heavy (non-hydrogen) atoms. The fourth-order valence-electron chi connectivity index (χ4n) is 11.8. The molecule has 4 heteroatoms. The standard InChI is InChI=1S/C60H48N2O2/c1-3-19-39(20-4-1)61(51-27-13-25-45-41-23-7-9-29-55(41)63-59(45)51)53-35-49(37-15-11-16-37)43-32-34-48-54(36-50(38-17-12-18-38)44-31-33-47(53)57(43)58(44)48)62(40-21-5-2-6-22-40)52-28-14-26-46-42-24-8-10-30-56(42)64-60(46)52/h1,3-5,7-10,13-14,19-38,46,60H,2,6,11-12,15-18H2. The van der Waals surface area contributed by atoms with Gasteiger partial charge in [0.2, 0.25) is 0 Å². The van der Waals surface area contributed by atoms with E-state index >= 15 is 0 Å². The summed E-state index contributed by atoms with van der Waals surface area (Å²) < 4.78 is 13.8. The van der Waals surface area contributed by atoms with Crippen LogP contribution in [0.1, 0.15) is 85.8 Å². The molecular formula is C60H48N2O2. The molecule has 0 spiro atoms. The summed E-state index contributed by atoms with van der Waals surface area (Å²) in [5.41, 5.74) is 13.1. The minimum atomic E-state index is -0.124. The second-order valence-electron chi connectivity index (χ2n) is 18.7. The van der Waals surface area contributed by atoms with Crippen LogP contribution in [0.3, 0.4) is 0 Å². The molecule has 8 aromatic carbocycles. The molecule has 2 heterocycles. The van der Waals surface area contributed by atoms with Gasteiger partial charge >= 0.3 is 0 Å². The molecule has 2 atom stereocenters. The van der Waals surface area contributed by atoms with E-state index in [4.69, 9.17) is 9.15 Å². The minimum absolute atomic E-state index is 0.124. The Morgan fingerprint density at radius 1 is 0.531 bits per heavy atom. The second kappa shape index (κ2) is 14.2. The lowest BCUT2D eigenvalue weighted by molar-refractivity contribution is 0.253. The molecule has 2 fully saturated rings. The van der Waals surface area contributed by atoms with Crippen LogP contribution >= 0.6 is 0 Å². The van der Waals surface area contributed by atoms with E-state index in [1.807, 2.05) is 0 Å². The third-order valence-corrected chi connectivity index (χ3v) is 15.4. The number of rotatable bonds is 8. The van der Waals surface area contributed by atoms with E-state index in [0.29, 0.717) is 11.8 Å². The number of para-hydroxylation sites is 4. The fourth-order valence-corrected chi connectivity index (χ4v) is 11.8. The molecule has 9 aromatic rings. The lowest BCUT2D eigenvalue weighted by atomic mass is 9.74. The molecular weight excluding hydrogens is 781 g/mol. The molecule has 2 saturated carbocycles. The van der Waals surface area contributed by atoms with Crippen molar-refractivity contribution in [3.05, 3.63) is 198 Å². The normalized spacial score (nSPS) is 19.4. The maximum absolute atomic E-state index is 6.96. The number of furan rings is 1. The average molecular weight is 829 g/mol. The molecule has 310 valence electrons. The summed E-state index contributed by atoms with van der Waals surface area (Å²) in [5, 5.41) is 10.4. The molecule has 0 bridgehead atoms. The lowest BCUT2D eigenvalue weighted by Gasteiger charge is -2.38. The van der Waals surface area contributed by atoms with Crippen LogP contribution in [0, 0.1) is 0 Å². The first kappa shape index (κ1) is 36.4. The number of fused-ring (bicyclic) bond motifs is 6. The fraction of sp³-hybridized carbons (Fsp3) is 0.200. The van der Waals surface area contributed by atoms with Crippen LogP contribution in [0.4, 0.5) is 22.7 Å². The van der Waals surface area contributed by atoms with E-state index in [1.54, 1.807) is 0 Å². The highest BCUT2D eigenvalue weighted by Crippen LogP contribution is 2.55. The quantitative estimate of drug-likeness (QED) is 0.143. The number of hydrogen-bond acceptors (Lipinski definition) is 4. The van der Waals surface area contributed by atoms with E-state index in [2.05, 4.69) is 180 Å². The van der Waals surface area contributed by atoms with Gasteiger partial charge < -0.3 is 19.0 Å². The van der Waals surface area contributed by atoms with Gasteiger partial charge in [0.15, 0.2) is 5.58 Å². The third kappa shape index (κ3) is 5.35. The molecule has 1 aliphatic heterocycles. The Labute approximate surface area is 373 Å². The average Bonchev–Trinajstić information content (AvgIpc) is 3.89. The maximum Gasteiger partial charge on any atom is 0.159 e. The first-order valence-corrected chi connectivity index (χ1v) is 23.6. The van der Waals surface area contributed by atoms with Gasteiger partial charge in [0.05, 0.1) is 22.8 Å². The van der Waals surface area contributed by atoms with Gasteiger partial charge in [-0.25, -0.2) is 0 Å². The monoisotopic (exact) mass is 828 g/mol. The molecule has 5 aliphatic rings. The van der Waals surface area contributed by atoms with Gasteiger partial charge in [0, 0.05) is 44.4 Å². The number of nitrogens with zero attached hydrogens (tertiary/aromatic N) is 2. The van der Waals surface area contributed by atoms with Crippen LogP contribution in [0.15, 0.2) is 186 Å². The summed E-state index contributed by atoms with van der Waals surface area (Å²) >= 11 is 0. The summed E-state index contributed by atoms with van der Waals surface area (Å²) in [6.45, 7) is 0. The summed E-state index contributed by atoms with van der Waals surface area (Å²) in [5.74, 6) is 2.19. The van der Waals surface area contributed by atoms with Crippen molar-refractivity contribution in [1.29, 1.82) is 0 Å². The highest BCUT2D eigenvalue weighted by atomic mass is 16.5. The van der Waals surface area contributed by atoms with Gasteiger partial charge in [0.1, 0.15) is 17.4 Å². The molecule has 0 N–H and O–H groups in total. The number of ether oxygens (including phenoxy) is 1. The van der Waals surface area contributed by atoms with E-state index in [0.717, 1.165) is 51.9 Å². The number of anilines is 4. The minimum Gasteiger partial charge on any atom is -0.483 e. The largest absolute Gasteiger partial charge is 0.483 e. The van der Waals surface area contributed by atoms with Crippen molar-refractivity contribution < 1.29 is 9.15 Å². The summed E-state index contributed by atoms with van der Waals surface area (Å²) in [6, 6.07) is 49.7. The van der Waals surface area contributed by atoms with E-state index in [9.17, 15) is 0 Å². The van der Waals surface area contributed by atoms with Gasteiger partial charge in [-0.15, -0.1) is 0 Å². The highest BCUT2D eigenvalue weighted by Gasteiger charge is 2.40. The number of allylic oxidation sites excluding steroid dienone is 5. The topological polar surface area (TPSA) is 28.9 Å². The first-order chi connectivity index (χ1) is 31.8. The predicted octanol–water partition coefficient (Wildman–Crippen LogP) is 16.5. The Balaban J connectivity index is 1.07. The summed E-state index contributed by atoms with van der Waals surface area (Å²) in [4.78, 5) is 5.08. The van der Waals surface area contributed by atoms with Gasteiger partial charge in [-0.1, -0.05) is 128 Å². The number of hydrogen-bond donors (Lipinski definition) is 0. The van der Waals surface area contributed by atoms with Crippen LogP contribution < -0.4 is 14.5 Å². The van der Waals surface area contributed by atoms with Crippen molar-refractivity contribution >= 4 is 77.0 Å². The van der Waals surface area contributed by atoms with Gasteiger partial charge in [-0.05, 0) is 138 Å². The van der Waals surface area contributed by atoms with Crippen LogP contribution in [0.5, 0.6) is 5.75 Å². The molecule has 14 rings (SSSR count). The second-order valence-corrected chi connectivity index (χ2v) is 18.7. The Kier molecular flexibility index (Phi) is 8.11. The van der Waals surface area contributed by atoms with Gasteiger partial charge in [-0.3, -0.25) is 0 Å². The zero-order valence-electron chi connectivity index (χ0n) is 35.8. The lowest BCUT2D eigenvalue weighted by Crippen LogP contribution is -2.35. The molecule has 2 unspecified atom stereocenters. The first-order valence-electron chi connectivity index (χ1n) is 23.6. The van der Waals surface area contributed by atoms with Gasteiger partial charge in [-0.2, -0.15) is 0 Å². The van der Waals surface area contributed by atoms with E-state index < -0.39 is 0 Å². The van der Waals surface area contributed by atoms with Crippen molar-refractivity contribution in [2.24, 2.45) is 0 Å². The van der Waals surface area contributed by atoms with Crippen molar-refractivity contribution in [3.8, 4) is 5.75 Å². The van der Waals surface area contributed by atoms with Crippen molar-refractivity contribution in [2.75, 3.05) is 9.80 Å². The zero-order valence-corrected chi connectivity index (χ0v) is 35.8. The summed E-state index contributed by atoms with van der Waals surface area (Å²) in [7, 11) is 0. The van der Waals surface area contributed by atoms with Crippen molar-refractivity contribution in [1.82, 2.24) is 0 Å². The maximum atomic E-state index is 6.96.